The number of rotatable bonds is 5. The number of aromatic amines is 1. The highest BCUT2D eigenvalue weighted by molar-refractivity contribution is 7.98. The second-order valence-electron chi connectivity index (χ2n) is 3.24. The Morgan fingerprint density at radius 3 is 3.14 bits per heavy atom. The molecule has 0 radical (unpaired) electrons. The zero-order chi connectivity index (χ0) is 10.4. The average Bonchev–Trinajstić information content (AvgIpc) is 2.15. The Morgan fingerprint density at radius 1 is 1.71 bits per heavy atom. The van der Waals surface area contributed by atoms with Gasteiger partial charge in [-0.15, -0.1) is 0 Å². The molecule has 1 rings (SSSR count). The molecule has 78 valence electrons. The van der Waals surface area contributed by atoms with Crippen molar-refractivity contribution < 1.29 is 0 Å². The van der Waals surface area contributed by atoms with Crippen molar-refractivity contribution in [3.05, 3.63) is 22.7 Å². The van der Waals surface area contributed by atoms with Crippen LogP contribution >= 0.6 is 11.8 Å². The van der Waals surface area contributed by atoms with E-state index in [2.05, 4.69) is 28.5 Å². The van der Waals surface area contributed by atoms with Gasteiger partial charge in [-0.05, 0) is 17.9 Å². The summed E-state index contributed by atoms with van der Waals surface area (Å²) in [4.78, 5) is 17.4. The fourth-order valence-corrected chi connectivity index (χ4v) is 1.77. The number of anilines is 1. The Bertz CT molecular complexity index is 326. The Morgan fingerprint density at radius 2 is 2.50 bits per heavy atom. The van der Waals surface area contributed by atoms with E-state index in [1.165, 1.54) is 12.4 Å². The van der Waals surface area contributed by atoms with Crippen LogP contribution in [0.4, 0.5) is 5.82 Å². The summed E-state index contributed by atoms with van der Waals surface area (Å²) < 4.78 is 0. The summed E-state index contributed by atoms with van der Waals surface area (Å²) >= 11 is 1.82. The highest BCUT2D eigenvalue weighted by Crippen LogP contribution is 2.05. The zero-order valence-electron chi connectivity index (χ0n) is 8.41. The van der Waals surface area contributed by atoms with E-state index in [0.29, 0.717) is 11.7 Å². The monoisotopic (exact) mass is 213 g/mol. The molecule has 1 atom stereocenters. The summed E-state index contributed by atoms with van der Waals surface area (Å²) in [5.74, 6) is 2.32. The van der Waals surface area contributed by atoms with E-state index in [4.69, 9.17) is 0 Å². The third-order valence-corrected chi connectivity index (χ3v) is 2.66. The molecular formula is C9H15N3OS. The highest BCUT2D eigenvalue weighted by Gasteiger charge is 2.01. The van der Waals surface area contributed by atoms with Crippen LogP contribution in [0.5, 0.6) is 0 Å². The van der Waals surface area contributed by atoms with E-state index in [1.807, 2.05) is 11.8 Å². The van der Waals surface area contributed by atoms with E-state index < -0.39 is 0 Å². The first-order valence-corrected chi connectivity index (χ1v) is 5.89. The van der Waals surface area contributed by atoms with Gasteiger partial charge in [0.1, 0.15) is 5.82 Å². The minimum atomic E-state index is -0.125. The molecule has 1 aromatic heterocycles. The van der Waals surface area contributed by atoms with Gasteiger partial charge in [-0.3, -0.25) is 4.79 Å². The first-order valence-electron chi connectivity index (χ1n) is 4.50. The quantitative estimate of drug-likeness (QED) is 0.771. The lowest BCUT2D eigenvalue weighted by Crippen LogP contribution is -2.16. The number of thioether (sulfide) groups is 1. The van der Waals surface area contributed by atoms with Gasteiger partial charge in [0.2, 0.25) is 0 Å². The molecule has 0 bridgehead atoms. The number of hydrogen-bond donors (Lipinski definition) is 2. The van der Waals surface area contributed by atoms with Crippen LogP contribution in [0.3, 0.4) is 0 Å². The molecule has 1 unspecified atom stereocenters. The minimum absolute atomic E-state index is 0.125. The van der Waals surface area contributed by atoms with Gasteiger partial charge in [0.25, 0.3) is 5.56 Å². The van der Waals surface area contributed by atoms with Crippen LogP contribution in [0, 0.1) is 5.92 Å². The maximum absolute atomic E-state index is 10.9. The SMILES string of the molecule is CSCC(C)CNc1cc(=O)[nH]cn1. The van der Waals surface area contributed by atoms with Crippen molar-refractivity contribution in [2.45, 2.75) is 6.92 Å². The van der Waals surface area contributed by atoms with Gasteiger partial charge in [-0.25, -0.2) is 4.98 Å². The molecule has 0 aliphatic rings. The van der Waals surface area contributed by atoms with Gasteiger partial charge in [-0.2, -0.15) is 11.8 Å². The van der Waals surface area contributed by atoms with Gasteiger partial charge >= 0.3 is 0 Å². The summed E-state index contributed by atoms with van der Waals surface area (Å²) in [6, 6.07) is 1.46. The lowest BCUT2D eigenvalue weighted by atomic mass is 10.2. The Labute approximate surface area is 87.5 Å². The van der Waals surface area contributed by atoms with Crippen molar-refractivity contribution in [3.8, 4) is 0 Å². The number of aromatic nitrogens is 2. The smallest absolute Gasteiger partial charge is 0.252 e. The van der Waals surface area contributed by atoms with Gasteiger partial charge in [0, 0.05) is 12.6 Å². The molecule has 0 fully saturated rings. The van der Waals surface area contributed by atoms with Crippen LogP contribution in [0.1, 0.15) is 6.92 Å². The van der Waals surface area contributed by atoms with Gasteiger partial charge in [0.05, 0.1) is 6.33 Å². The second kappa shape index (κ2) is 5.70. The van der Waals surface area contributed by atoms with Gasteiger partial charge in [-0.1, -0.05) is 6.92 Å². The number of H-pyrrole nitrogens is 1. The molecule has 2 N–H and O–H groups in total. The fourth-order valence-electron chi connectivity index (χ4n) is 1.09. The molecule has 4 nitrogen and oxygen atoms in total. The van der Waals surface area contributed by atoms with Crippen LogP contribution < -0.4 is 10.9 Å². The molecule has 0 aliphatic heterocycles. The lowest BCUT2D eigenvalue weighted by molar-refractivity contribution is 0.699. The van der Waals surface area contributed by atoms with Crippen LogP contribution in [-0.4, -0.2) is 28.5 Å². The van der Waals surface area contributed by atoms with Crippen molar-refractivity contribution in [1.29, 1.82) is 0 Å². The van der Waals surface area contributed by atoms with E-state index in [0.717, 1.165) is 12.3 Å². The Hall–Kier alpha value is -0.970. The maximum Gasteiger partial charge on any atom is 0.252 e. The molecule has 0 spiro atoms. The molecular weight excluding hydrogens is 198 g/mol. The molecule has 1 aromatic rings. The minimum Gasteiger partial charge on any atom is -0.370 e. The number of nitrogens with one attached hydrogen (secondary N) is 2. The molecule has 0 amide bonds. The predicted molar refractivity (Wildman–Crippen MR) is 60.9 cm³/mol. The largest absolute Gasteiger partial charge is 0.370 e. The Balaban J connectivity index is 2.41. The standard InChI is InChI=1S/C9H15N3OS/c1-7(5-14-2)4-10-8-3-9(13)12-6-11-8/h3,6-7H,4-5H2,1-2H3,(H2,10,11,12,13). The van der Waals surface area contributed by atoms with Crippen LogP contribution in [-0.2, 0) is 0 Å². The molecule has 14 heavy (non-hydrogen) atoms. The summed E-state index contributed by atoms with van der Waals surface area (Å²) in [6.45, 7) is 3.01. The number of nitrogens with zero attached hydrogens (tertiary/aromatic N) is 1. The van der Waals surface area contributed by atoms with Crippen LogP contribution in [0.15, 0.2) is 17.2 Å². The van der Waals surface area contributed by atoms with Gasteiger partial charge < -0.3 is 10.3 Å². The first kappa shape index (κ1) is 11.1. The topological polar surface area (TPSA) is 57.8 Å². The van der Waals surface area contributed by atoms with Crippen molar-refractivity contribution >= 4 is 17.6 Å². The van der Waals surface area contributed by atoms with E-state index >= 15 is 0 Å². The first-order chi connectivity index (χ1) is 6.72. The average molecular weight is 213 g/mol. The lowest BCUT2D eigenvalue weighted by Gasteiger charge is -2.10. The molecule has 5 heteroatoms. The molecule has 0 aromatic carbocycles. The summed E-state index contributed by atoms with van der Waals surface area (Å²) in [6.07, 6.45) is 3.49. The molecule has 0 saturated heterocycles. The Kier molecular flexibility index (Phi) is 4.52. The predicted octanol–water partition coefficient (Wildman–Crippen LogP) is 1.18. The van der Waals surface area contributed by atoms with Crippen molar-refractivity contribution in [3.63, 3.8) is 0 Å². The summed E-state index contributed by atoms with van der Waals surface area (Å²) in [5.41, 5.74) is -0.125. The molecule has 0 saturated carbocycles. The fraction of sp³-hybridized carbons (Fsp3) is 0.556. The van der Waals surface area contributed by atoms with Crippen molar-refractivity contribution in [1.82, 2.24) is 9.97 Å². The molecule has 1 heterocycles. The zero-order valence-corrected chi connectivity index (χ0v) is 9.23. The van der Waals surface area contributed by atoms with Crippen LogP contribution in [0.2, 0.25) is 0 Å². The molecule has 0 aliphatic carbocycles. The normalized spacial score (nSPS) is 12.4. The van der Waals surface area contributed by atoms with Crippen molar-refractivity contribution in [2.24, 2.45) is 5.92 Å². The van der Waals surface area contributed by atoms with Crippen molar-refractivity contribution in [2.75, 3.05) is 23.9 Å². The second-order valence-corrected chi connectivity index (χ2v) is 4.15. The van der Waals surface area contributed by atoms with Gasteiger partial charge in [0.15, 0.2) is 0 Å². The van der Waals surface area contributed by atoms with Crippen LogP contribution in [0.25, 0.3) is 0 Å². The third kappa shape index (κ3) is 3.83. The summed E-state index contributed by atoms with van der Waals surface area (Å²) in [7, 11) is 0. The van der Waals surface area contributed by atoms with E-state index in [1.54, 1.807) is 0 Å². The van der Waals surface area contributed by atoms with E-state index in [9.17, 15) is 4.79 Å². The summed E-state index contributed by atoms with van der Waals surface area (Å²) in [5, 5.41) is 3.13. The highest BCUT2D eigenvalue weighted by atomic mass is 32.2. The van der Waals surface area contributed by atoms with E-state index in [-0.39, 0.29) is 5.56 Å². The maximum atomic E-state index is 10.9. The number of hydrogen-bond acceptors (Lipinski definition) is 4. The third-order valence-electron chi connectivity index (χ3n) is 1.76.